The van der Waals surface area contributed by atoms with Crippen LogP contribution >= 0.6 is 0 Å². The SMILES string of the molecule is Cc1ccc(NS(=O)(=O)c2ccc(N)cc2F)cc1F. The van der Waals surface area contributed by atoms with Gasteiger partial charge in [0, 0.05) is 5.69 Å². The second kappa shape index (κ2) is 5.09. The summed E-state index contributed by atoms with van der Waals surface area (Å²) in [6.45, 7) is 1.55. The predicted molar refractivity (Wildman–Crippen MR) is 72.8 cm³/mol. The fourth-order valence-electron chi connectivity index (χ4n) is 1.60. The maximum atomic E-state index is 13.6. The number of rotatable bonds is 3. The fraction of sp³-hybridized carbons (Fsp3) is 0.0769. The summed E-state index contributed by atoms with van der Waals surface area (Å²) in [7, 11) is -4.14. The maximum Gasteiger partial charge on any atom is 0.264 e. The molecule has 0 aliphatic carbocycles. The summed E-state index contributed by atoms with van der Waals surface area (Å²) in [6.07, 6.45) is 0. The van der Waals surface area contributed by atoms with Crippen molar-refractivity contribution in [3.05, 3.63) is 53.6 Å². The molecule has 0 spiro atoms. The van der Waals surface area contributed by atoms with Gasteiger partial charge in [-0.15, -0.1) is 0 Å². The second-order valence-corrected chi connectivity index (χ2v) is 5.91. The van der Waals surface area contributed by atoms with Crippen LogP contribution in [-0.4, -0.2) is 8.42 Å². The van der Waals surface area contributed by atoms with Crippen molar-refractivity contribution in [3.8, 4) is 0 Å². The Kier molecular flexibility index (Phi) is 3.63. The third-order valence-electron chi connectivity index (χ3n) is 2.67. The number of hydrogen-bond donors (Lipinski definition) is 2. The number of anilines is 2. The van der Waals surface area contributed by atoms with Crippen LogP contribution in [0.5, 0.6) is 0 Å². The van der Waals surface area contributed by atoms with Crippen LogP contribution in [0.15, 0.2) is 41.3 Å². The van der Waals surface area contributed by atoms with Gasteiger partial charge in [0.05, 0.1) is 5.69 Å². The van der Waals surface area contributed by atoms with Crippen molar-refractivity contribution >= 4 is 21.4 Å². The molecule has 0 saturated heterocycles. The molecule has 0 aromatic heterocycles. The summed E-state index contributed by atoms with van der Waals surface area (Å²) in [5.41, 5.74) is 5.87. The zero-order chi connectivity index (χ0) is 14.9. The number of sulfonamides is 1. The summed E-state index contributed by atoms with van der Waals surface area (Å²) in [4.78, 5) is -0.548. The van der Waals surface area contributed by atoms with E-state index in [2.05, 4.69) is 4.72 Å². The van der Waals surface area contributed by atoms with Gasteiger partial charge in [-0.25, -0.2) is 17.2 Å². The highest BCUT2D eigenvalue weighted by atomic mass is 32.2. The molecule has 0 radical (unpaired) electrons. The molecular weight excluding hydrogens is 286 g/mol. The van der Waals surface area contributed by atoms with Crippen molar-refractivity contribution in [2.75, 3.05) is 10.5 Å². The molecule has 0 saturated carbocycles. The Balaban J connectivity index is 2.38. The lowest BCUT2D eigenvalue weighted by atomic mass is 10.2. The summed E-state index contributed by atoms with van der Waals surface area (Å²) in [5, 5.41) is 0. The van der Waals surface area contributed by atoms with E-state index < -0.39 is 26.6 Å². The molecule has 7 heteroatoms. The van der Waals surface area contributed by atoms with Crippen LogP contribution in [0, 0.1) is 18.6 Å². The Morgan fingerprint density at radius 3 is 2.35 bits per heavy atom. The Morgan fingerprint density at radius 1 is 1.05 bits per heavy atom. The molecule has 0 heterocycles. The van der Waals surface area contributed by atoms with Gasteiger partial charge in [0.1, 0.15) is 16.5 Å². The molecule has 2 rings (SSSR count). The van der Waals surface area contributed by atoms with Gasteiger partial charge < -0.3 is 5.73 Å². The van der Waals surface area contributed by atoms with Gasteiger partial charge in [0.2, 0.25) is 0 Å². The largest absolute Gasteiger partial charge is 0.399 e. The van der Waals surface area contributed by atoms with Crippen LogP contribution in [0.25, 0.3) is 0 Å². The van der Waals surface area contributed by atoms with Crippen LogP contribution < -0.4 is 10.5 Å². The van der Waals surface area contributed by atoms with E-state index in [0.29, 0.717) is 5.56 Å². The van der Waals surface area contributed by atoms with Gasteiger partial charge in [0.15, 0.2) is 0 Å². The van der Waals surface area contributed by atoms with E-state index >= 15 is 0 Å². The molecule has 2 aromatic carbocycles. The van der Waals surface area contributed by atoms with E-state index in [9.17, 15) is 17.2 Å². The molecule has 0 unspecified atom stereocenters. The molecule has 0 aliphatic rings. The Labute approximate surface area is 115 Å². The topological polar surface area (TPSA) is 72.2 Å². The quantitative estimate of drug-likeness (QED) is 0.856. The summed E-state index contributed by atoms with van der Waals surface area (Å²) >= 11 is 0. The molecular formula is C13H12F2N2O2S. The van der Waals surface area contributed by atoms with E-state index in [1.54, 1.807) is 6.92 Å². The molecule has 0 atom stereocenters. The third kappa shape index (κ3) is 2.88. The van der Waals surface area contributed by atoms with Gasteiger partial charge in [0.25, 0.3) is 10.0 Å². The molecule has 20 heavy (non-hydrogen) atoms. The molecule has 2 aromatic rings. The maximum absolute atomic E-state index is 13.6. The first-order chi connectivity index (χ1) is 9.29. The predicted octanol–water partition coefficient (Wildman–Crippen LogP) is 2.66. The van der Waals surface area contributed by atoms with E-state index in [1.165, 1.54) is 18.2 Å². The Bertz CT molecular complexity index is 761. The van der Waals surface area contributed by atoms with Gasteiger partial charge in [-0.2, -0.15) is 0 Å². The van der Waals surface area contributed by atoms with Crippen molar-refractivity contribution in [3.63, 3.8) is 0 Å². The van der Waals surface area contributed by atoms with Gasteiger partial charge in [-0.1, -0.05) is 6.07 Å². The minimum absolute atomic E-state index is 0.0179. The highest BCUT2D eigenvalue weighted by molar-refractivity contribution is 7.92. The molecule has 0 amide bonds. The van der Waals surface area contributed by atoms with Crippen molar-refractivity contribution in [2.45, 2.75) is 11.8 Å². The zero-order valence-corrected chi connectivity index (χ0v) is 11.3. The van der Waals surface area contributed by atoms with Crippen LogP contribution in [0.4, 0.5) is 20.2 Å². The molecule has 106 valence electrons. The molecule has 0 fully saturated rings. The highest BCUT2D eigenvalue weighted by Gasteiger charge is 2.19. The van der Waals surface area contributed by atoms with Crippen LogP contribution in [0.3, 0.4) is 0 Å². The van der Waals surface area contributed by atoms with Crippen molar-refractivity contribution in [1.29, 1.82) is 0 Å². The number of benzene rings is 2. The minimum atomic E-state index is -4.14. The minimum Gasteiger partial charge on any atom is -0.399 e. The van der Waals surface area contributed by atoms with E-state index in [-0.39, 0.29) is 11.4 Å². The number of nitrogens with one attached hydrogen (secondary N) is 1. The summed E-state index contributed by atoms with van der Waals surface area (Å²) in [5.74, 6) is -1.52. The first kappa shape index (κ1) is 14.3. The average molecular weight is 298 g/mol. The van der Waals surface area contributed by atoms with Crippen LogP contribution in [-0.2, 0) is 10.0 Å². The second-order valence-electron chi connectivity index (χ2n) is 4.26. The van der Waals surface area contributed by atoms with E-state index in [4.69, 9.17) is 5.73 Å². The number of nitrogens with two attached hydrogens (primary N) is 1. The van der Waals surface area contributed by atoms with Crippen molar-refractivity contribution in [2.24, 2.45) is 0 Å². The van der Waals surface area contributed by atoms with Gasteiger partial charge in [-0.05, 0) is 42.8 Å². The molecule has 3 N–H and O–H groups in total. The van der Waals surface area contributed by atoms with Crippen molar-refractivity contribution in [1.82, 2.24) is 0 Å². The van der Waals surface area contributed by atoms with Crippen LogP contribution in [0.2, 0.25) is 0 Å². The van der Waals surface area contributed by atoms with Crippen molar-refractivity contribution < 1.29 is 17.2 Å². The van der Waals surface area contributed by atoms with E-state index in [0.717, 1.165) is 18.2 Å². The normalized spacial score (nSPS) is 11.3. The average Bonchev–Trinajstić information content (AvgIpc) is 2.33. The lowest BCUT2D eigenvalue weighted by molar-refractivity contribution is 0.571. The highest BCUT2D eigenvalue weighted by Crippen LogP contribution is 2.21. The first-order valence-corrected chi connectivity index (χ1v) is 7.12. The smallest absolute Gasteiger partial charge is 0.264 e. The Morgan fingerprint density at radius 2 is 1.75 bits per heavy atom. The summed E-state index contributed by atoms with van der Waals surface area (Å²) < 4.78 is 53.1. The fourth-order valence-corrected chi connectivity index (χ4v) is 2.71. The van der Waals surface area contributed by atoms with Gasteiger partial charge >= 0.3 is 0 Å². The van der Waals surface area contributed by atoms with Crippen LogP contribution in [0.1, 0.15) is 5.56 Å². The van der Waals surface area contributed by atoms with E-state index in [1.807, 2.05) is 0 Å². The number of aryl methyl sites for hydroxylation is 1. The lowest BCUT2D eigenvalue weighted by Gasteiger charge is -2.10. The molecule has 0 aliphatic heterocycles. The number of hydrogen-bond acceptors (Lipinski definition) is 3. The standard InChI is InChI=1S/C13H12F2N2O2S/c1-8-2-4-10(7-11(8)14)17-20(18,19)13-5-3-9(16)6-12(13)15/h2-7,17H,16H2,1H3. The monoisotopic (exact) mass is 298 g/mol. The number of halogens is 2. The zero-order valence-electron chi connectivity index (χ0n) is 10.5. The van der Waals surface area contributed by atoms with Gasteiger partial charge in [-0.3, -0.25) is 4.72 Å². The molecule has 4 nitrogen and oxygen atoms in total. The third-order valence-corrected chi connectivity index (χ3v) is 4.08. The first-order valence-electron chi connectivity index (χ1n) is 5.63. The molecule has 0 bridgehead atoms. The number of nitrogen functional groups attached to an aromatic ring is 1. The lowest BCUT2D eigenvalue weighted by Crippen LogP contribution is -2.15. The summed E-state index contributed by atoms with van der Waals surface area (Å²) in [6, 6.07) is 7.08. The Hall–Kier alpha value is -2.15.